The zero-order valence-corrected chi connectivity index (χ0v) is 13.8. The SMILES string of the molecule is CC(NS(=O)(=O)c1ccc(Br)cc1Cl)c1ccccc1. The summed E-state index contributed by atoms with van der Waals surface area (Å²) in [5.41, 5.74) is 0.893. The molecule has 1 N–H and O–H groups in total. The van der Waals surface area contributed by atoms with Gasteiger partial charge < -0.3 is 0 Å². The summed E-state index contributed by atoms with van der Waals surface area (Å²) in [6, 6.07) is 13.7. The summed E-state index contributed by atoms with van der Waals surface area (Å²) in [7, 11) is -3.66. The first kappa shape index (κ1) is 15.5. The van der Waals surface area contributed by atoms with Crippen molar-refractivity contribution in [2.45, 2.75) is 17.9 Å². The van der Waals surface area contributed by atoms with Gasteiger partial charge in [-0.05, 0) is 30.7 Å². The quantitative estimate of drug-likeness (QED) is 0.874. The number of halogens is 2. The van der Waals surface area contributed by atoms with Gasteiger partial charge in [0.05, 0.1) is 5.02 Å². The highest BCUT2D eigenvalue weighted by atomic mass is 79.9. The van der Waals surface area contributed by atoms with Crippen LogP contribution in [-0.2, 0) is 10.0 Å². The number of rotatable bonds is 4. The van der Waals surface area contributed by atoms with E-state index in [2.05, 4.69) is 20.7 Å². The molecular weight excluding hydrogens is 362 g/mol. The molecule has 1 atom stereocenters. The van der Waals surface area contributed by atoms with E-state index in [0.717, 1.165) is 10.0 Å². The zero-order valence-electron chi connectivity index (χ0n) is 10.7. The van der Waals surface area contributed by atoms with Crippen LogP contribution >= 0.6 is 27.5 Å². The molecule has 0 aromatic heterocycles. The highest BCUT2D eigenvalue weighted by Gasteiger charge is 2.21. The van der Waals surface area contributed by atoms with Gasteiger partial charge in [-0.15, -0.1) is 0 Å². The molecule has 0 heterocycles. The second-order valence-corrected chi connectivity index (χ2v) is 7.33. The van der Waals surface area contributed by atoms with Gasteiger partial charge in [-0.3, -0.25) is 0 Å². The molecule has 6 heteroatoms. The summed E-state index contributed by atoms with van der Waals surface area (Å²) in [5.74, 6) is 0. The lowest BCUT2D eigenvalue weighted by molar-refractivity contribution is 0.567. The van der Waals surface area contributed by atoms with Crippen molar-refractivity contribution in [3.63, 3.8) is 0 Å². The largest absolute Gasteiger partial charge is 0.242 e. The van der Waals surface area contributed by atoms with Gasteiger partial charge in [0.1, 0.15) is 4.90 Å². The van der Waals surface area contributed by atoms with Crippen LogP contribution in [0.15, 0.2) is 57.9 Å². The predicted molar refractivity (Wildman–Crippen MR) is 84.3 cm³/mol. The standard InChI is InChI=1S/C14H13BrClNO2S/c1-10(11-5-3-2-4-6-11)17-20(18,19)14-8-7-12(15)9-13(14)16/h2-10,17H,1H3. The third-order valence-corrected chi connectivity index (χ3v) is 5.33. The zero-order chi connectivity index (χ0) is 14.8. The van der Waals surface area contributed by atoms with E-state index in [1.165, 1.54) is 6.07 Å². The predicted octanol–water partition coefficient (Wildman–Crippen LogP) is 4.14. The molecule has 0 aliphatic carbocycles. The monoisotopic (exact) mass is 373 g/mol. The minimum atomic E-state index is -3.66. The molecule has 106 valence electrons. The first-order valence-electron chi connectivity index (χ1n) is 5.92. The van der Waals surface area contributed by atoms with Gasteiger partial charge in [0, 0.05) is 10.5 Å². The van der Waals surface area contributed by atoms with Crippen LogP contribution in [0.2, 0.25) is 5.02 Å². The molecule has 0 bridgehead atoms. The van der Waals surface area contributed by atoms with Gasteiger partial charge >= 0.3 is 0 Å². The summed E-state index contributed by atoms with van der Waals surface area (Å²) in [6.45, 7) is 1.79. The lowest BCUT2D eigenvalue weighted by Gasteiger charge is -2.15. The molecular formula is C14H13BrClNO2S. The molecule has 0 saturated heterocycles. The first-order chi connectivity index (χ1) is 9.40. The van der Waals surface area contributed by atoms with Crippen molar-refractivity contribution in [3.05, 3.63) is 63.6 Å². The molecule has 1 unspecified atom stereocenters. The number of benzene rings is 2. The molecule has 2 aromatic rings. The molecule has 2 aromatic carbocycles. The minimum absolute atomic E-state index is 0.0742. The first-order valence-corrected chi connectivity index (χ1v) is 8.58. The number of hydrogen-bond donors (Lipinski definition) is 1. The van der Waals surface area contributed by atoms with Crippen LogP contribution in [0.25, 0.3) is 0 Å². The average molecular weight is 375 g/mol. The Morgan fingerprint density at radius 3 is 2.40 bits per heavy atom. The highest BCUT2D eigenvalue weighted by molar-refractivity contribution is 9.10. The number of hydrogen-bond acceptors (Lipinski definition) is 2. The van der Waals surface area contributed by atoms with E-state index in [-0.39, 0.29) is 16.0 Å². The number of nitrogens with one attached hydrogen (secondary N) is 1. The molecule has 0 fully saturated rings. The van der Waals surface area contributed by atoms with Crippen LogP contribution in [-0.4, -0.2) is 8.42 Å². The third kappa shape index (κ3) is 3.61. The molecule has 3 nitrogen and oxygen atoms in total. The molecule has 0 spiro atoms. The Bertz CT molecular complexity index is 704. The summed E-state index contributed by atoms with van der Waals surface area (Å²) < 4.78 is 28.0. The fourth-order valence-corrected chi connectivity index (χ4v) is 4.07. The summed E-state index contributed by atoms with van der Waals surface area (Å²) in [5, 5.41) is 0.187. The van der Waals surface area contributed by atoms with Gasteiger partial charge in [0.25, 0.3) is 0 Å². The average Bonchev–Trinajstić information content (AvgIpc) is 2.38. The van der Waals surface area contributed by atoms with Crippen molar-refractivity contribution in [2.24, 2.45) is 0 Å². The second kappa shape index (κ2) is 6.26. The second-order valence-electron chi connectivity index (χ2n) is 4.33. The van der Waals surface area contributed by atoms with Gasteiger partial charge in [-0.2, -0.15) is 0 Å². The van der Waals surface area contributed by atoms with Crippen molar-refractivity contribution >= 4 is 37.6 Å². The van der Waals surface area contributed by atoms with Crippen LogP contribution in [0.3, 0.4) is 0 Å². The Balaban J connectivity index is 2.28. The molecule has 0 aliphatic rings. The lowest BCUT2D eigenvalue weighted by atomic mass is 10.1. The molecule has 0 aliphatic heterocycles. The van der Waals surface area contributed by atoms with Gasteiger partial charge in [-0.25, -0.2) is 13.1 Å². The molecule has 20 heavy (non-hydrogen) atoms. The van der Waals surface area contributed by atoms with Crippen LogP contribution in [0.5, 0.6) is 0 Å². The molecule has 0 saturated carbocycles. The Hall–Kier alpha value is -0.880. The maximum absolute atomic E-state index is 12.3. The highest BCUT2D eigenvalue weighted by Crippen LogP contribution is 2.26. The Kier molecular flexibility index (Phi) is 4.86. The fraction of sp³-hybridized carbons (Fsp3) is 0.143. The van der Waals surface area contributed by atoms with Gasteiger partial charge in [-0.1, -0.05) is 57.9 Å². The molecule has 2 rings (SSSR count). The summed E-state index contributed by atoms with van der Waals surface area (Å²) >= 11 is 9.25. The van der Waals surface area contributed by atoms with Crippen LogP contribution in [0, 0.1) is 0 Å². The lowest BCUT2D eigenvalue weighted by Crippen LogP contribution is -2.27. The molecule has 0 amide bonds. The smallest absolute Gasteiger partial charge is 0.207 e. The minimum Gasteiger partial charge on any atom is -0.207 e. The fourth-order valence-electron chi connectivity index (χ4n) is 1.80. The van der Waals surface area contributed by atoms with E-state index < -0.39 is 10.0 Å². The number of sulfonamides is 1. The summed E-state index contributed by atoms with van der Waals surface area (Å²) in [6.07, 6.45) is 0. The van der Waals surface area contributed by atoms with Crippen LogP contribution in [0.4, 0.5) is 0 Å². The Morgan fingerprint density at radius 1 is 1.15 bits per heavy atom. The van der Waals surface area contributed by atoms with E-state index >= 15 is 0 Å². The Morgan fingerprint density at radius 2 is 1.80 bits per heavy atom. The van der Waals surface area contributed by atoms with Crippen molar-refractivity contribution in [2.75, 3.05) is 0 Å². The maximum Gasteiger partial charge on any atom is 0.242 e. The molecule has 0 radical (unpaired) electrons. The van der Waals surface area contributed by atoms with Crippen LogP contribution < -0.4 is 4.72 Å². The topological polar surface area (TPSA) is 46.2 Å². The van der Waals surface area contributed by atoms with E-state index in [9.17, 15) is 8.42 Å². The summed E-state index contributed by atoms with van der Waals surface area (Å²) in [4.78, 5) is 0.0742. The van der Waals surface area contributed by atoms with Crippen LogP contribution in [0.1, 0.15) is 18.5 Å². The Labute approximate surface area is 132 Å². The van der Waals surface area contributed by atoms with Crippen molar-refractivity contribution in [1.82, 2.24) is 4.72 Å². The van der Waals surface area contributed by atoms with E-state index in [1.807, 2.05) is 30.3 Å². The van der Waals surface area contributed by atoms with Gasteiger partial charge in [0.2, 0.25) is 10.0 Å². The van der Waals surface area contributed by atoms with E-state index in [4.69, 9.17) is 11.6 Å². The third-order valence-electron chi connectivity index (χ3n) is 2.81. The van der Waals surface area contributed by atoms with Gasteiger partial charge in [0.15, 0.2) is 0 Å². The van der Waals surface area contributed by atoms with E-state index in [0.29, 0.717) is 0 Å². The van der Waals surface area contributed by atoms with E-state index in [1.54, 1.807) is 19.1 Å². The van der Waals surface area contributed by atoms with Crippen molar-refractivity contribution in [3.8, 4) is 0 Å². The van der Waals surface area contributed by atoms with Crippen molar-refractivity contribution in [1.29, 1.82) is 0 Å². The normalized spacial score (nSPS) is 13.2. The van der Waals surface area contributed by atoms with Crippen molar-refractivity contribution < 1.29 is 8.42 Å². The maximum atomic E-state index is 12.3.